The molecule has 10 heavy (non-hydrogen) atoms. The van der Waals surface area contributed by atoms with Gasteiger partial charge in [0.25, 0.3) is 0 Å². The van der Waals surface area contributed by atoms with Crippen molar-refractivity contribution < 1.29 is 0 Å². The van der Waals surface area contributed by atoms with Crippen molar-refractivity contribution in [3.05, 3.63) is 34.5 Å². The van der Waals surface area contributed by atoms with Gasteiger partial charge in [0.1, 0.15) is 10.6 Å². The lowest BCUT2D eigenvalue weighted by molar-refractivity contribution is 0.527. The van der Waals surface area contributed by atoms with E-state index in [1.165, 1.54) is 0 Å². The van der Waals surface area contributed by atoms with E-state index >= 15 is 0 Å². The predicted octanol–water partition coefficient (Wildman–Crippen LogP) is 2.08. The van der Waals surface area contributed by atoms with Crippen LogP contribution in [0.5, 0.6) is 0 Å². The first-order valence-electron chi connectivity index (χ1n) is 3.05. The molecule has 0 unspecified atom stereocenters. The number of likely N-dealkylation sites (N-methyl/N-ethyl adjacent to an activating group) is 1. The molecule has 2 heteroatoms. The van der Waals surface area contributed by atoms with Crippen LogP contribution in [-0.4, -0.2) is 19.0 Å². The molecule has 1 nitrogen and oxygen atoms in total. The molecule has 0 heterocycles. The quantitative estimate of drug-likeness (QED) is 0.584. The molecule has 0 aromatic heterocycles. The summed E-state index contributed by atoms with van der Waals surface area (Å²) >= 11 is 3.34. The molecule has 0 saturated carbocycles. The van der Waals surface area contributed by atoms with Gasteiger partial charge in [-0.2, -0.15) is 0 Å². The lowest BCUT2D eigenvalue weighted by Crippen LogP contribution is -2.09. The lowest BCUT2D eigenvalue weighted by atomic mass is 10.2. The molecule has 0 amide bonds. The number of hydrogen-bond donors (Lipinski definition) is 0. The number of halogens is 1. The first kappa shape index (κ1) is 7.52. The van der Waals surface area contributed by atoms with Gasteiger partial charge in [0.2, 0.25) is 5.70 Å². The van der Waals surface area contributed by atoms with Crippen LogP contribution in [0, 0.1) is 6.08 Å². The maximum absolute atomic E-state index is 3.34. The highest BCUT2D eigenvalue weighted by molar-refractivity contribution is 9.11. The molecule has 0 aromatic rings. The Morgan fingerprint density at radius 1 is 1.40 bits per heavy atom. The minimum Gasteiger partial charge on any atom is -0.349 e. The van der Waals surface area contributed by atoms with Gasteiger partial charge in [-0.25, -0.2) is 0 Å². The Hall–Kier alpha value is -0.590. The minimum absolute atomic E-state index is 1.07. The van der Waals surface area contributed by atoms with E-state index < -0.39 is 0 Å². The fraction of sp³-hybridized carbons (Fsp3) is 0.250. The molecule has 1 aliphatic rings. The Morgan fingerprint density at radius 3 is 2.50 bits per heavy atom. The van der Waals surface area contributed by atoms with E-state index in [2.05, 4.69) is 22.0 Å². The zero-order valence-corrected chi connectivity index (χ0v) is 7.64. The Kier molecular flexibility index (Phi) is 2.25. The molecule has 0 radical (unpaired) electrons. The average molecular weight is 199 g/mol. The molecule has 1 rings (SSSR count). The van der Waals surface area contributed by atoms with E-state index in [0.29, 0.717) is 0 Å². The fourth-order valence-electron chi connectivity index (χ4n) is 0.676. The third-order valence-electron chi connectivity index (χ3n) is 1.24. The van der Waals surface area contributed by atoms with Gasteiger partial charge in [-0.3, -0.25) is 0 Å². The molecule has 0 atom stereocenters. The average Bonchev–Trinajstić information content (AvgIpc) is 1.88. The molecule has 0 N–H and O–H groups in total. The van der Waals surface area contributed by atoms with Crippen LogP contribution < -0.4 is 0 Å². The van der Waals surface area contributed by atoms with Crippen LogP contribution in [0.15, 0.2) is 28.4 Å². The summed E-state index contributed by atoms with van der Waals surface area (Å²) in [5, 5.41) is 0. The number of rotatable bonds is 1. The first-order chi connectivity index (χ1) is 4.70. The summed E-state index contributed by atoms with van der Waals surface area (Å²) in [7, 11) is 4.00. The van der Waals surface area contributed by atoms with E-state index in [4.69, 9.17) is 0 Å². The number of hydrogen-bond acceptors (Lipinski definition) is 1. The second-order valence-corrected chi connectivity index (χ2v) is 3.20. The monoisotopic (exact) mass is 198 g/mol. The Balaban J connectivity index is 2.78. The van der Waals surface area contributed by atoms with Crippen molar-refractivity contribution in [1.29, 1.82) is 0 Å². The van der Waals surface area contributed by atoms with Crippen molar-refractivity contribution in [2.24, 2.45) is 0 Å². The van der Waals surface area contributed by atoms with E-state index in [9.17, 15) is 0 Å². The summed E-state index contributed by atoms with van der Waals surface area (Å²) < 4.78 is 1.07. The van der Waals surface area contributed by atoms with Gasteiger partial charge >= 0.3 is 0 Å². The Bertz CT molecular complexity index is 211. The van der Waals surface area contributed by atoms with Crippen LogP contribution in [0.1, 0.15) is 0 Å². The molecular weight excluding hydrogens is 190 g/mol. The zero-order chi connectivity index (χ0) is 7.56. The van der Waals surface area contributed by atoms with Crippen molar-refractivity contribution in [3.8, 4) is 0 Å². The summed E-state index contributed by atoms with van der Waals surface area (Å²) in [4.78, 5) is 2.02. The van der Waals surface area contributed by atoms with Crippen LogP contribution >= 0.6 is 15.9 Å². The highest BCUT2D eigenvalue weighted by Crippen LogP contribution is 2.14. The summed E-state index contributed by atoms with van der Waals surface area (Å²) in [5.41, 5.74) is 1.10. The normalized spacial score (nSPS) is 15.5. The lowest BCUT2D eigenvalue weighted by Gasteiger charge is -2.06. The Labute approximate surface area is 69.8 Å². The number of nitrogens with zero attached hydrogens (tertiary/aromatic N) is 1. The van der Waals surface area contributed by atoms with Crippen molar-refractivity contribution in [2.45, 2.75) is 0 Å². The van der Waals surface area contributed by atoms with Crippen molar-refractivity contribution in [2.75, 3.05) is 14.1 Å². The molecule has 0 spiro atoms. The smallest absolute Gasteiger partial charge is 0.205 e. The first-order valence-corrected chi connectivity index (χ1v) is 3.84. The van der Waals surface area contributed by atoms with Gasteiger partial charge < -0.3 is 4.90 Å². The third-order valence-corrected chi connectivity index (χ3v) is 1.73. The molecular formula is C8H9BrN+. The van der Waals surface area contributed by atoms with Gasteiger partial charge in [0.15, 0.2) is 0 Å². The topological polar surface area (TPSA) is 3.24 Å². The van der Waals surface area contributed by atoms with Gasteiger partial charge in [-0.05, 0) is 0 Å². The van der Waals surface area contributed by atoms with Gasteiger partial charge in [0.05, 0.1) is 18.2 Å². The standard InChI is InChI=1S/C8H9BrN/c1-10(2)8-5-3-7(9)4-6-8/h3-5H,1-2H3/q+1. The van der Waals surface area contributed by atoms with E-state index in [-0.39, 0.29) is 0 Å². The molecule has 0 aromatic carbocycles. The SMILES string of the molecule is CN(C)C1=[C+]C=C(Br)C=C1. The molecule has 0 fully saturated rings. The van der Waals surface area contributed by atoms with E-state index in [1.807, 2.05) is 37.2 Å². The van der Waals surface area contributed by atoms with Crippen LogP contribution in [0.2, 0.25) is 0 Å². The Morgan fingerprint density at radius 2 is 2.10 bits per heavy atom. The summed E-state index contributed by atoms with van der Waals surface area (Å²) in [6.07, 6.45) is 9.05. The summed E-state index contributed by atoms with van der Waals surface area (Å²) in [6.45, 7) is 0. The zero-order valence-electron chi connectivity index (χ0n) is 6.06. The molecule has 0 saturated heterocycles. The predicted molar refractivity (Wildman–Crippen MR) is 46.6 cm³/mol. The van der Waals surface area contributed by atoms with Crippen LogP contribution in [-0.2, 0) is 0 Å². The second-order valence-electron chi connectivity index (χ2n) is 2.29. The van der Waals surface area contributed by atoms with Gasteiger partial charge in [0, 0.05) is 30.0 Å². The molecule has 0 aliphatic heterocycles. The minimum atomic E-state index is 1.07. The van der Waals surface area contributed by atoms with Crippen LogP contribution in [0.4, 0.5) is 0 Å². The largest absolute Gasteiger partial charge is 0.349 e. The molecule has 0 bridgehead atoms. The highest BCUT2D eigenvalue weighted by atomic mass is 79.9. The van der Waals surface area contributed by atoms with E-state index in [0.717, 1.165) is 10.2 Å². The second kappa shape index (κ2) is 3.00. The molecule has 1 aliphatic carbocycles. The highest BCUT2D eigenvalue weighted by Gasteiger charge is 2.07. The number of allylic oxidation sites excluding steroid dienone is 5. The van der Waals surface area contributed by atoms with E-state index in [1.54, 1.807) is 0 Å². The van der Waals surface area contributed by atoms with Gasteiger partial charge in [-0.1, -0.05) is 0 Å². The maximum atomic E-state index is 3.34. The fourth-order valence-corrected chi connectivity index (χ4v) is 0.922. The third kappa shape index (κ3) is 1.69. The summed E-state index contributed by atoms with van der Waals surface area (Å²) in [6, 6.07) is 0. The van der Waals surface area contributed by atoms with Crippen molar-refractivity contribution in [3.63, 3.8) is 0 Å². The summed E-state index contributed by atoms with van der Waals surface area (Å²) in [5.74, 6) is 0. The molecule has 52 valence electrons. The maximum Gasteiger partial charge on any atom is 0.205 e. The van der Waals surface area contributed by atoms with Crippen LogP contribution in [0.25, 0.3) is 0 Å². The van der Waals surface area contributed by atoms with Crippen molar-refractivity contribution >= 4 is 15.9 Å². The van der Waals surface area contributed by atoms with Crippen molar-refractivity contribution in [1.82, 2.24) is 4.90 Å². The van der Waals surface area contributed by atoms with Gasteiger partial charge in [-0.15, -0.1) is 0 Å². The van der Waals surface area contributed by atoms with Crippen LogP contribution in [0.3, 0.4) is 0 Å².